The van der Waals surface area contributed by atoms with Crippen molar-refractivity contribution in [3.05, 3.63) is 82.6 Å². The Balaban J connectivity index is 1.55. The van der Waals surface area contributed by atoms with Crippen molar-refractivity contribution in [2.24, 2.45) is 0 Å². The number of anilines is 1. The van der Waals surface area contributed by atoms with Crippen molar-refractivity contribution >= 4 is 51.6 Å². The number of halogens is 2. The number of carbonyl (C=O) groups is 1. The van der Waals surface area contributed by atoms with E-state index < -0.39 is 11.7 Å². The highest BCUT2D eigenvalue weighted by Crippen LogP contribution is 2.29. The fourth-order valence-electron chi connectivity index (χ4n) is 2.88. The lowest BCUT2D eigenvalue weighted by molar-refractivity contribution is 0.0974. The molecule has 1 aromatic heterocycles. The predicted molar refractivity (Wildman–Crippen MR) is 119 cm³/mol. The molecule has 0 atom stereocenters. The number of nitrogens with zero attached hydrogens (tertiary/aromatic N) is 1. The number of aromatic nitrogens is 1. The van der Waals surface area contributed by atoms with Crippen LogP contribution in [-0.4, -0.2) is 16.0 Å². The largest absolute Gasteiger partial charge is 0.436 e. The number of amides is 1. The smallest absolute Gasteiger partial charge is 0.260 e. The van der Waals surface area contributed by atoms with E-state index in [9.17, 15) is 9.18 Å². The molecule has 2 N–H and O–H groups in total. The zero-order chi connectivity index (χ0) is 21.3. The zero-order valence-electron chi connectivity index (χ0n) is 15.7. The van der Waals surface area contributed by atoms with Gasteiger partial charge in [-0.3, -0.25) is 10.1 Å². The van der Waals surface area contributed by atoms with Gasteiger partial charge >= 0.3 is 0 Å². The van der Waals surface area contributed by atoms with Crippen molar-refractivity contribution in [3.8, 4) is 11.5 Å². The van der Waals surface area contributed by atoms with Crippen molar-refractivity contribution in [3.63, 3.8) is 0 Å². The normalized spacial score (nSPS) is 10.8. The number of nitrogens with one attached hydrogen (secondary N) is 2. The van der Waals surface area contributed by atoms with Gasteiger partial charge in [0.05, 0.1) is 5.56 Å². The minimum atomic E-state index is -0.629. The number of oxazole rings is 1. The number of fused-ring (bicyclic) bond motifs is 1. The van der Waals surface area contributed by atoms with Crippen LogP contribution in [0.5, 0.6) is 0 Å². The average Bonchev–Trinajstić information content (AvgIpc) is 3.13. The molecule has 30 heavy (non-hydrogen) atoms. The summed E-state index contributed by atoms with van der Waals surface area (Å²) in [5.74, 6) is -0.820. The summed E-state index contributed by atoms with van der Waals surface area (Å²) in [5, 5.41) is 6.08. The van der Waals surface area contributed by atoms with E-state index in [1.54, 1.807) is 24.3 Å². The van der Waals surface area contributed by atoms with Crippen LogP contribution in [0.25, 0.3) is 22.6 Å². The molecule has 0 aliphatic carbocycles. The SMILES string of the molecule is Cc1ccc(-c2nc3cc(Cl)ccc3o2)cc1NC(=S)NC(=O)c1ccccc1F. The third-order valence-corrected chi connectivity index (χ3v) is 4.87. The number of rotatable bonds is 3. The third-order valence-electron chi connectivity index (χ3n) is 4.43. The molecule has 0 fully saturated rings. The molecule has 150 valence electrons. The summed E-state index contributed by atoms with van der Waals surface area (Å²) in [6.07, 6.45) is 0. The Morgan fingerprint density at radius 1 is 1.13 bits per heavy atom. The van der Waals surface area contributed by atoms with Crippen LogP contribution < -0.4 is 10.6 Å². The highest BCUT2D eigenvalue weighted by molar-refractivity contribution is 7.80. The monoisotopic (exact) mass is 439 g/mol. The maximum Gasteiger partial charge on any atom is 0.260 e. The van der Waals surface area contributed by atoms with Gasteiger partial charge in [-0.1, -0.05) is 29.8 Å². The van der Waals surface area contributed by atoms with Gasteiger partial charge < -0.3 is 9.73 Å². The molecule has 0 unspecified atom stereocenters. The first-order valence-electron chi connectivity index (χ1n) is 8.95. The van der Waals surface area contributed by atoms with Crippen LogP contribution in [0.4, 0.5) is 10.1 Å². The average molecular weight is 440 g/mol. The highest BCUT2D eigenvalue weighted by atomic mass is 35.5. The van der Waals surface area contributed by atoms with E-state index >= 15 is 0 Å². The maximum absolute atomic E-state index is 13.8. The van der Waals surface area contributed by atoms with Crippen molar-refractivity contribution in [1.82, 2.24) is 10.3 Å². The molecule has 0 bridgehead atoms. The summed E-state index contributed by atoms with van der Waals surface area (Å²) in [6, 6.07) is 16.5. The number of hydrogen-bond acceptors (Lipinski definition) is 4. The van der Waals surface area contributed by atoms with Crippen LogP contribution in [0.3, 0.4) is 0 Å². The van der Waals surface area contributed by atoms with Crippen LogP contribution in [0, 0.1) is 12.7 Å². The molecule has 4 aromatic rings. The van der Waals surface area contributed by atoms with E-state index in [1.165, 1.54) is 18.2 Å². The molecular formula is C22H15ClFN3O2S. The van der Waals surface area contributed by atoms with E-state index in [1.807, 2.05) is 25.1 Å². The Kier molecular flexibility index (Phi) is 5.48. The fraction of sp³-hybridized carbons (Fsp3) is 0.0455. The summed E-state index contributed by atoms with van der Waals surface area (Å²) in [6.45, 7) is 1.89. The third kappa shape index (κ3) is 4.17. The van der Waals surface area contributed by atoms with Gasteiger partial charge in [0.15, 0.2) is 10.7 Å². The van der Waals surface area contributed by atoms with E-state index in [2.05, 4.69) is 15.6 Å². The maximum atomic E-state index is 13.8. The number of benzene rings is 3. The molecule has 0 saturated carbocycles. The highest BCUT2D eigenvalue weighted by Gasteiger charge is 2.14. The summed E-state index contributed by atoms with van der Waals surface area (Å²) < 4.78 is 19.6. The van der Waals surface area contributed by atoms with Crippen LogP contribution in [-0.2, 0) is 0 Å². The number of thiocarbonyl (C=S) groups is 1. The van der Waals surface area contributed by atoms with Crippen LogP contribution in [0.2, 0.25) is 5.02 Å². The molecule has 0 spiro atoms. The van der Waals surface area contributed by atoms with Crippen molar-refractivity contribution < 1.29 is 13.6 Å². The standard InChI is InChI=1S/C22H15ClFN3O2S/c1-12-6-7-13(21-25-18-11-14(23)8-9-19(18)29-21)10-17(12)26-22(30)27-20(28)15-4-2-3-5-16(15)24/h2-11H,1H3,(H2,26,27,28,30). The van der Waals surface area contributed by atoms with E-state index in [0.29, 0.717) is 27.7 Å². The molecule has 0 aliphatic rings. The second-order valence-corrected chi connectivity index (χ2v) is 7.39. The van der Waals surface area contributed by atoms with E-state index in [0.717, 1.165) is 11.1 Å². The van der Waals surface area contributed by atoms with Crippen LogP contribution >= 0.6 is 23.8 Å². The topological polar surface area (TPSA) is 67.2 Å². The Labute approximate surface area is 181 Å². The van der Waals surface area contributed by atoms with Crippen LogP contribution in [0.1, 0.15) is 15.9 Å². The minimum absolute atomic E-state index is 0.0489. The molecule has 5 nitrogen and oxygen atoms in total. The Bertz CT molecular complexity index is 1290. The van der Waals surface area contributed by atoms with E-state index in [-0.39, 0.29) is 10.7 Å². The van der Waals surface area contributed by atoms with Gasteiger partial charge in [0.25, 0.3) is 5.91 Å². The summed E-state index contributed by atoms with van der Waals surface area (Å²) in [5.41, 5.74) is 3.46. The lowest BCUT2D eigenvalue weighted by Gasteiger charge is -2.13. The van der Waals surface area contributed by atoms with Crippen molar-refractivity contribution in [1.29, 1.82) is 0 Å². The van der Waals surface area contributed by atoms with Gasteiger partial charge in [-0.05, 0) is 67.2 Å². The molecule has 8 heteroatoms. The summed E-state index contributed by atoms with van der Waals surface area (Å²) in [4.78, 5) is 16.7. The summed E-state index contributed by atoms with van der Waals surface area (Å²) in [7, 11) is 0. The zero-order valence-corrected chi connectivity index (χ0v) is 17.3. The van der Waals surface area contributed by atoms with Crippen molar-refractivity contribution in [2.75, 3.05) is 5.32 Å². The Morgan fingerprint density at radius 2 is 1.93 bits per heavy atom. The first-order chi connectivity index (χ1) is 14.4. The summed E-state index contributed by atoms with van der Waals surface area (Å²) >= 11 is 11.2. The second kappa shape index (κ2) is 8.22. The molecule has 0 radical (unpaired) electrons. The number of hydrogen-bond donors (Lipinski definition) is 2. The number of aryl methyl sites for hydroxylation is 1. The van der Waals surface area contributed by atoms with E-state index in [4.69, 9.17) is 28.2 Å². The molecule has 1 amide bonds. The quantitative estimate of drug-likeness (QED) is 0.399. The van der Waals surface area contributed by atoms with Gasteiger partial charge in [-0.15, -0.1) is 0 Å². The molecule has 3 aromatic carbocycles. The first kappa shape index (κ1) is 20.0. The van der Waals surface area contributed by atoms with Gasteiger partial charge in [0.1, 0.15) is 11.3 Å². The Hall–Kier alpha value is -3.29. The van der Waals surface area contributed by atoms with Gasteiger partial charge in [0, 0.05) is 16.3 Å². The molecule has 0 aliphatic heterocycles. The predicted octanol–water partition coefficient (Wildman–Crippen LogP) is 5.72. The van der Waals surface area contributed by atoms with Gasteiger partial charge in [0.2, 0.25) is 5.89 Å². The first-order valence-corrected chi connectivity index (χ1v) is 9.73. The van der Waals surface area contributed by atoms with Gasteiger partial charge in [-0.25, -0.2) is 9.37 Å². The molecule has 0 saturated heterocycles. The molecular weight excluding hydrogens is 425 g/mol. The molecule has 4 rings (SSSR count). The van der Waals surface area contributed by atoms with Gasteiger partial charge in [-0.2, -0.15) is 0 Å². The van der Waals surface area contributed by atoms with Crippen LogP contribution in [0.15, 0.2) is 65.1 Å². The fourth-order valence-corrected chi connectivity index (χ4v) is 3.25. The minimum Gasteiger partial charge on any atom is -0.436 e. The molecule has 1 heterocycles. The Morgan fingerprint density at radius 3 is 2.73 bits per heavy atom. The lowest BCUT2D eigenvalue weighted by atomic mass is 10.1. The second-order valence-electron chi connectivity index (χ2n) is 6.55. The van der Waals surface area contributed by atoms with Crippen molar-refractivity contribution in [2.45, 2.75) is 6.92 Å². The number of carbonyl (C=O) groups excluding carboxylic acids is 1. The lowest BCUT2D eigenvalue weighted by Crippen LogP contribution is -2.34.